The number of alkyl halides is 3. The number of nitrogens with zero attached hydrogens (tertiary/aromatic N) is 5. The largest absolute Gasteiger partial charge is 0.573 e. The first-order chi connectivity index (χ1) is 14.2. The number of rotatable bonds is 5. The highest BCUT2D eigenvalue weighted by atomic mass is 79.9. The summed E-state index contributed by atoms with van der Waals surface area (Å²) in [4.78, 5) is 20.8. The topological polar surface area (TPSA) is 106 Å². The van der Waals surface area contributed by atoms with Gasteiger partial charge in [-0.3, -0.25) is 4.79 Å². The molecule has 1 N–H and O–H groups in total. The van der Waals surface area contributed by atoms with Crippen molar-refractivity contribution >= 4 is 21.8 Å². The number of pyridine rings is 1. The molecule has 1 atom stereocenters. The second-order valence-electron chi connectivity index (χ2n) is 5.96. The fourth-order valence-electron chi connectivity index (χ4n) is 2.56. The number of nitrogens with one attached hydrogen (secondary N) is 1. The molecule has 0 radical (unpaired) electrons. The fraction of sp³-hybridized carbons (Fsp3) is 0.167. The number of carbonyl (C=O) groups is 1. The number of carbonyl (C=O) groups excluding carboxylic acids is 1. The molecule has 0 unspecified atom stereocenters. The monoisotopic (exact) mass is 480 g/mol. The number of benzene rings is 1. The van der Waals surface area contributed by atoms with Crippen molar-refractivity contribution in [3.05, 3.63) is 64.3 Å². The molecule has 3 rings (SSSR count). The van der Waals surface area contributed by atoms with E-state index in [0.29, 0.717) is 17.2 Å². The van der Waals surface area contributed by atoms with Crippen molar-refractivity contribution in [2.75, 3.05) is 0 Å². The average Bonchev–Trinajstić information content (AvgIpc) is 3.16. The zero-order chi connectivity index (χ0) is 21.9. The average molecular weight is 481 g/mol. The van der Waals surface area contributed by atoms with Gasteiger partial charge in [-0.25, -0.2) is 9.97 Å². The van der Waals surface area contributed by atoms with Gasteiger partial charge in [0.25, 0.3) is 5.91 Å². The Morgan fingerprint density at radius 3 is 2.77 bits per heavy atom. The van der Waals surface area contributed by atoms with Crippen LogP contribution in [-0.2, 0) is 0 Å². The summed E-state index contributed by atoms with van der Waals surface area (Å²) in [5.74, 6) is -0.543. The molecule has 8 nitrogen and oxygen atoms in total. The van der Waals surface area contributed by atoms with Crippen molar-refractivity contribution < 1.29 is 22.7 Å². The molecule has 0 spiro atoms. The van der Waals surface area contributed by atoms with Crippen LogP contribution in [0.2, 0.25) is 0 Å². The smallest absolute Gasteiger partial charge is 0.406 e. The summed E-state index contributed by atoms with van der Waals surface area (Å²) >= 11 is 3.06. The molecule has 0 aliphatic heterocycles. The van der Waals surface area contributed by atoms with Crippen LogP contribution in [0.4, 0.5) is 13.2 Å². The van der Waals surface area contributed by atoms with Gasteiger partial charge < -0.3 is 10.1 Å². The molecule has 0 bridgehead atoms. The Morgan fingerprint density at radius 2 is 2.07 bits per heavy atom. The van der Waals surface area contributed by atoms with Crippen LogP contribution in [0.25, 0.3) is 5.82 Å². The number of hydrogen-bond acceptors (Lipinski definition) is 6. The Labute approximate surface area is 176 Å². The third kappa shape index (κ3) is 5.12. The summed E-state index contributed by atoms with van der Waals surface area (Å²) in [6.45, 7) is 1.62. The zero-order valence-electron chi connectivity index (χ0n) is 15.2. The van der Waals surface area contributed by atoms with Gasteiger partial charge in [-0.05, 0) is 31.2 Å². The molecular formula is C18H12BrF3N6O2. The highest BCUT2D eigenvalue weighted by Crippen LogP contribution is 2.27. The lowest BCUT2D eigenvalue weighted by atomic mass is 10.2. The molecular weight excluding hydrogens is 469 g/mol. The fourth-order valence-corrected chi connectivity index (χ4v) is 3.03. The molecule has 154 valence electrons. The van der Waals surface area contributed by atoms with Crippen LogP contribution in [0.1, 0.15) is 34.7 Å². The van der Waals surface area contributed by atoms with E-state index >= 15 is 0 Å². The van der Waals surface area contributed by atoms with Gasteiger partial charge in [0.05, 0.1) is 17.7 Å². The van der Waals surface area contributed by atoms with Crippen molar-refractivity contribution in [2.45, 2.75) is 19.3 Å². The Balaban J connectivity index is 1.82. The molecule has 2 heterocycles. The van der Waals surface area contributed by atoms with Gasteiger partial charge in [-0.1, -0.05) is 15.9 Å². The van der Waals surface area contributed by atoms with Crippen LogP contribution in [0.3, 0.4) is 0 Å². The zero-order valence-corrected chi connectivity index (χ0v) is 16.8. The second kappa shape index (κ2) is 8.50. The predicted octanol–water partition coefficient (Wildman–Crippen LogP) is 3.69. The van der Waals surface area contributed by atoms with Gasteiger partial charge in [0.15, 0.2) is 11.6 Å². The van der Waals surface area contributed by atoms with Crippen molar-refractivity contribution in [1.29, 1.82) is 5.26 Å². The number of ether oxygens (including phenoxy) is 1. The summed E-state index contributed by atoms with van der Waals surface area (Å²) in [6, 6.07) is 7.76. The number of halogens is 4. The quantitative estimate of drug-likeness (QED) is 0.596. The van der Waals surface area contributed by atoms with Crippen LogP contribution in [0.15, 0.2) is 47.3 Å². The van der Waals surface area contributed by atoms with Crippen molar-refractivity contribution in [2.24, 2.45) is 0 Å². The molecule has 0 saturated carbocycles. The van der Waals surface area contributed by atoms with Crippen molar-refractivity contribution in [1.82, 2.24) is 25.1 Å². The summed E-state index contributed by atoms with van der Waals surface area (Å²) in [5.41, 5.74) is 0.315. The predicted molar refractivity (Wildman–Crippen MR) is 101 cm³/mol. The molecule has 2 aromatic heterocycles. The SMILES string of the molecule is C[C@H](NC(=O)c1cc(Br)cc(OC(F)(F)F)c1)c1ncnn1-c1cc(C#N)ccn1. The minimum absolute atomic E-state index is 0.0499. The molecule has 0 saturated heterocycles. The maximum absolute atomic E-state index is 12.6. The van der Waals surface area contributed by atoms with Gasteiger partial charge in [-0.2, -0.15) is 15.0 Å². The maximum atomic E-state index is 12.6. The maximum Gasteiger partial charge on any atom is 0.573 e. The van der Waals surface area contributed by atoms with Gasteiger partial charge in [0.1, 0.15) is 12.1 Å². The Morgan fingerprint density at radius 1 is 1.30 bits per heavy atom. The molecule has 12 heteroatoms. The highest BCUT2D eigenvalue weighted by Gasteiger charge is 2.31. The molecule has 0 fully saturated rings. The van der Waals surface area contributed by atoms with Crippen LogP contribution in [0, 0.1) is 11.3 Å². The molecule has 1 amide bonds. The van der Waals surface area contributed by atoms with Crippen LogP contribution >= 0.6 is 15.9 Å². The van der Waals surface area contributed by atoms with Gasteiger partial charge >= 0.3 is 6.36 Å². The van der Waals surface area contributed by atoms with E-state index < -0.39 is 24.1 Å². The van der Waals surface area contributed by atoms with E-state index in [1.807, 2.05) is 6.07 Å². The van der Waals surface area contributed by atoms with Gasteiger partial charge in [0, 0.05) is 22.3 Å². The van der Waals surface area contributed by atoms with E-state index in [1.54, 1.807) is 6.92 Å². The first-order valence-corrected chi connectivity index (χ1v) is 9.09. The lowest BCUT2D eigenvalue weighted by Crippen LogP contribution is -2.29. The van der Waals surface area contributed by atoms with E-state index in [-0.39, 0.29) is 10.0 Å². The molecule has 0 aliphatic rings. The number of hydrogen-bond donors (Lipinski definition) is 1. The van der Waals surface area contributed by atoms with Crippen LogP contribution in [0.5, 0.6) is 5.75 Å². The Kier molecular flexibility index (Phi) is 6.02. The lowest BCUT2D eigenvalue weighted by molar-refractivity contribution is -0.274. The van der Waals surface area contributed by atoms with Crippen molar-refractivity contribution in [3.63, 3.8) is 0 Å². The highest BCUT2D eigenvalue weighted by molar-refractivity contribution is 9.10. The van der Waals surface area contributed by atoms with E-state index in [2.05, 4.69) is 41.1 Å². The molecule has 3 aromatic rings. The summed E-state index contributed by atoms with van der Waals surface area (Å²) < 4.78 is 42.9. The molecule has 30 heavy (non-hydrogen) atoms. The second-order valence-corrected chi connectivity index (χ2v) is 6.88. The number of aromatic nitrogens is 4. The van der Waals surface area contributed by atoms with Crippen LogP contribution < -0.4 is 10.1 Å². The summed E-state index contributed by atoms with van der Waals surface area (Å²) in [5, 5.41) is 15.7. The van der Waals surface area contributed by atoms with E-state index in [0.717, 1.165) is 12.1 Å². The van der Waals surface area contributed by atoms with E-state index in [9.17, 15) is 18.0 Å². The van der Waals surface area contributed by atoms with E-state index in [4.69, 9.17) is 5.26 Å². The Bertz CT molecular complexity index is 1130. The third-order valence-electron chi connectivity index (χ3n) is 3.77. The first-order valence-electron chi connectivity index (χ1n) is 8.30. The molecule has 0 aliphatic carbocycles. The van der Waals surface area contributed by atoms with Gasteiger partial charge in [0.2, 0.25) is 0 Å². The Hall–Kier alpha value is -3.46. The van der Waals surface area contributed by atoms with Crippen LogP contribution in [-0.4, -0.2) is 32.0 Å². The minimum atomic E-state index is -4.89. The van der Waals surface area contributed by atoms with Crippen molar-refractivity contribution in [3.8, 4) is 17.6 Å². The van der Waals surface area contributed by atoms with Gasteiger partial charge in [-0.15, -0.1) is 13.2 Å². The lowest BCUT2D eigenvalue weighted by Gasteiger charge is -2.15. The first kappa shape index (κ1) is 21.3. The number of amides is 1. The summed E-state index contributed by atoms with van der Waals surface area (Å²) in [6.07, 6.45) is -2.19. The normalized spacial score (nSPS) is 12.1. The summed E-state index contributed by atoms with van der Waals surface area (Å²) in [7, 11) is 0. The number of nitriles is 1. The molecule has 1 aromatic carbocycles. The van der Waals surface area contributed by atoms with E-state index in [1.165, 1.54) is 35.4 Å². The standard InChI is InChI=1S/C18H12BrF3N6O2/c1-10(16-25-9-26-28(16)15-4-11(8-23)2-3-24-15)27-17(29)12-5-13(19)7-14(6-12)30-18(20,21)22/h2-7,9-10H,1H3,(H,27,29)/t10-/m0/s1. The third-order valence-corrected chi connectivity index (χ3v) is 4.23. The minimum Gasteiger partial charge on any atom is -0.406 e.